The van der Waals surface area contributed by atoms with Gasteiger partial charge in [-0.15, -0.1) is 5.10 Å². The van der Waals surface area contributed by atoms with Gasteiger partial charge in [-0.3, -0.25) is 0 Å². The summed E-state index contributed by atoms with van der Waals surface area (Å²) in [6.45, 7) is 1.96. The highest BCUT2D eigenvalue weighted by atomic mass is 15.3. The summed E-state index contributed by atoms with van der Waals surface area (Å²) in [5, 5.41) is 7.19. The molecule has 0 aliphatic carbocycles. The Balaban J connectivity index is 2.75. The minimum Gasteiger partial charge on any atom is -0.366 e. The Morgan fingerprint density at radius 2 is 2.33 bits per heavy atom. The van der Waals surface area contributed by atoms with Crippen molar-refractivity contribution < 1.29 is 0 Å². The molecule has 1 unspecified atom stereocenters. The Labute approximate surface area is 53.2 Å². The first-order valence-corrected chi connectivity index (χ1v) is 2.70. The van der Waals surface area contributed by atoms with Gasteiger partial charge in [-0.25, -0.2) is 4.99 Å². The van der Waals surface area contributed by atoms with E-state index in [0.717, 1.165) is 0 Å². The predicted molar refractivity (Wildman–Crippen MR) is 37.8 cm³/mol. The highest BCUT2D eigenvalue weighted by Crippen LogP contribution is 1.90. The zero-order valence-corrected chi connectivity index (χ0v) is 5.15. The van der Waals surface area contributed by atoms with Crippen LogP contribution in [0.2, 0.25) is 0 Å². The number of nitrogens with two attached hydrogens (primary N) is 1. The fourth-order valence-electron chi connectivity index (χ4n) is 0.456. The molecule has 0 bridgehead atoms. The highest BCUT2D eigenvalue weighted by Gasteiger charge is 1.95. The lowest BCUT2D eigenvalue weighted by Gasteiger charge is -1.87. The minimum atomic E-state index is 0.218. The Hall–Kier alpha value is -1.19. The molecule has 1 rings (SSSR count). The Bertz CT molecular complexity index is 179. The first-order valence-electron chi connectivity index (χ1n) is 2.70. The predicted octanol–water partition coefficient (Wildman–Crippen LogP) is 0.00740. The third kappa shape index (κ3) is 1.64. The molecule has 4 heteroatoms. The maximum atomic E-state index is 5.24. The largest absolute Gasteiger partial charge is 0.366 e. The molecule has 1 aliphatic rings. The van der Waals surface area contributed by atoms with Crippen LogP contribution in [-0.2, 0) is 0 Å². The molecule has 0 amide bonds. The fraction of sp³-hybridized carbons (Fsp3) is 0.400. The lowest BCUT2D eigenvalue weighted by molar-refractivity contribution is 1.10. The third-order valence-electron chi connectivity index (χ3n) is 0.904. The van der Waals surface area contributed by atoms with Crippen molar-refractivity contribution in [1.29, 1.82) is 0 Å². The first kappa shape index (κ1) is 5.94. The Morgan fingerprint density at radius 3 is 3.11 bits per heavy atom. The van der Waals surface area contributed by atoms with Gasteiger partial charge in [-0.1, -0.05) is 6.92 Å². The molecule has 1 atom stereocenters. The van der Waals surface area contributed by atoms with E-state index in [2.05, 4.69) is 15.2 Å². The second-order valence-electron chi connectivity index (χ2n) is 1.86. The van der Waals surface area contributed by atoms with E-state index >= 15 is 0 Å². The van der Waals surface area contributed by atoms with Crippen molar-refractivity contribution in [3.8, 4) is 0 Å². The van der Waals surface area contributed by atoms with Gasteiger partial charge >= 0.3 is 0 Å². The molecule has 0 fully saturated rings. The van der Waals surface area contributed by atoms with Crippen LogP contribution in [0.15, 0.2) is 15.2 Å². The summed E-state index contributed by atoms with van der Waals surface area (Å²) in [5.74, 6) is 0.449. The SMILES string of the molecule is CC1C=NN=C(N)N=C1. The average Bonchev–Trinajstić information content (AvgIpc) is 1.97. The van der Waals surface area contributed by atoms with E-state index in [0.29, 0.717) is 0 Å². The number of nitrogens with zero attached hydrogens (tertiary/aromatic N) is 3. The lowest BCUT2D eigenvalue weighted by Crippen LogP contribution is -2.07. The van der Waals surface area contributed by atoms with Crippen LogP contribution in [0.3, 0.4) is 0 Å². The Kier molecular flexibility index (Phi) is 1.58. The van der Waals surface area contributed by atoms with Crippen molar-refractivity contribution in [3.05, 3.63) is 0 Å². The summed E-state index contributed by atoms with van der Waals surface area (Å²) in [7, 11) is 0. The maximum absolute atomic E-state index is 5.24. The molecule has 0 aromatic heterocycles. The summed E-state index contributed by atoms with van der Waals surface area (Å²) < 4.78 is 0. The number of hydrogen-bond acceptors (Lipinski definition) is 4. The van der Waals surface area contributed by atoms with Gasteiger partial charge in [0.1, 0.15) is 0 Å². The topological polar surface area (TPSA) is 63.1 Å². The van der Waals surface area contributed by atoms with Gasteiger partial charge in [0.05, 0.1) is 0 Å². The Morgan fingerprint density at radius 1 is 1.56 bits per heavy atom. The molecule has 1 aliphatic heterocycles. The zero-order chi connectivity index (χ0) is 6.69. The van der Waals surface area contributed by atoms with Crippen molar-refractivity contribution in [2.45, 2.75) is 6.92 Å². The normalized spacial score (nSPS) is 25.4. The summed E-state index contributed by atoms with van der Waals surface area (Å²) in [5.41, 5.74) is 5.24. The molecular weight excluding hydrogens is 116 g/mol. The van der Waals surface area contributed by atoms with E-state index in [-0.39, 0.29) is 11.9 Å². The molecule has 4 nitrogen and oxygen atoms in total. The van der Waals surface area contributed by atoms with Crippen LogP contribution in [0.4, 0.5) is 0 Å². The first-order chi connectivity index (χ1) is 4.29. The van der Waals surface area contributed by atoms with Crippen LogP contribution in [0.25, 0.3) is 0 Å². The lowest BCUT2D eigenvalue weighted by atomic mass is 10.2. The van der Waals surface area contributed by atoms with E-state index in [1.54, 1.807) is 12.4 Å². The van der Waals surface area contributed by atoms with Gasteiger partial charge in [0.25, 0.3) is 0 Å². The molecule has 0 aromatic carbocycles. The van der Waals surface area contributed by atoms with Gasteiger partial charge in [-0.2, -0.15) is 5.10 Å². The molecule has 1 heterocycles. The number of guanidine groups is 1. The molecule has 0 saturated carbocycles. The van der Waals surface area contributed by atoms with E-state index in [4.69, 9.17) is 5.73 Å². The summed E-state index contributed by atoms with van der Waals surface area (Å²) in [6, 6.07) is 0. The van der Waals surface area contributed by atoms with Crippen LogP contribution in [0.1, 0.15) is 6.92 Å². The van der Waals surface area contributed by atoms with Crippen LogP contribution >= 0.6 is 0 Å². The van der Waals surface area contributed by atoms with Crippen molar-refractivity contribution in [1.82, 2.24) is 0 Å². The standard InChI is InChI=1S/C5H8N4/c1-4-2-7-5(6)9-8-3-4/h2-4H,1H3,(H2,6,9). The van der Waals surface area contributed by atoms with E-state index in [9.17, 15) is 0 Å². The van der Waals surface area contributed by atoms with Gasteiger partial charge in [0.2, 0.25) is 5.96 Å². The molecule has 2 N–H and O–H groups in total. The smallest absolute Gasteiger partial charge is 0.239 e. The third-order valence-corrected chi connectivity index (χ3v) is 0.904. The quantitative estimate of drug-likeness (QED) is 0.485. The number of rotatable bonds is 0. The zero-order valence-electron chi connectivity index (χ0n) is 5.15. The van der Waals surface area contributed by atoms with Crippen molar-refractivity contribution in [2.75, 3.05) is 0 Å². The molecule has 48 valence electrons. The fourth-order valence-corrected chi connectivity index (χ4v) is 0.456. The molecular formula is C5H8N4. The van der Waals surface area contributed by atoms with Crippen molar-refractivity contribution in [3.63, 3.8) is 0 Å². The molecule has 0 aromatic rings. The second-order valence-corrected chi connectivity index (χ2v) is 1.86. The summed E-state index contributed by atoms with van der Waals surface area (Å²) in [6.07, 6.45) is 3.39. The summed E-state index contributed by atoms with van der Waals surface area (Å²) >= 11 is 0. The monoisotopic (exact) mass is 124 g/mol. The molecule has 0 radical (unpaired) electrons. The molecule has 0 saturated heterocycles. The van der Waals surface area contributed by atoms with E-state index in [1.165, 1.54) is 0 Å². The maximum Gasteiger partial charge on any atom is 0.239 e. The summed E-state index contributed by atoms with van der Waals surface area (Å²) in [4.78, 5) is 3.78. The highest BCUT2D eigenvalue weighted by molar-refractivity contribution is 5.94. The number of aliphatic imine (C=N–C) groups is 1. The second kappa shape index (κ2) is 2.39. The average molecular weight is 124 g/mol. The number of hydrogen-bond donors (Lipinski definition) is 1. The molecule has 9 heavy (non-hydrogen) atoms. The van der Waals surface area contributed by atoms with Gasteiger partial charge in [0, 0.05) is 18.3 Å². The van der Waals surface area contributed by atoms with Crippen molar-refractivity contribution >= 4 is 18.4 Å². The van der Waals surface area contributed by atoms with Crippen LogP contribution in [0.5, 0.6) is 0 Å². The van der Waals surface area contributed by atoms with Gasteiger partial charge < -0.3 is 5.73 Å². The van der Waals surface area contributed by atoms with Crippen molar-refractivity contribution in [2.24, 2.45) is 26.8 Å². The van der Waals surface area contributed by atoms with E-state index in [1.807, 2.05) is 6.92 Å². The van der Waals surface area contributed by atoms with E-state index < -0.39 is 0 Å². The van der Waals surface area contributed by atoms with Gasteiger partial charge in [-0.05, 0) is 0 Å². The molecule has 0 spiro atoms. The van der Waals surface area contributed by atoms with Crippen LogP contribution in [0, 0.1) is 5.92 Å². The van der Waals surface area contributed by atoms with Crippen LogP contribution in [-0.4, -0.2) is 18.4 Å². The minimum absolute atomic E-state index is 0.218. The van der Waals surface area contributed by atoms with Crippen LogP contribution < -0.4 is 5.73 Å². The van der Waals surface area contributed by atoms with Gasteiger partial charge in [0.15, 0.2) is 0 Å².